The van der Waals surface area contributed by atoms with Gasteiger partial charge in [0.15, 0.2) is 7.05 Å². The molecular formula is C24H32N7O+. The molecule has 8 nitrogen and oxygen atoms in total. The van der Waals surface area contributed by atoms with Crippen molar-refractivity contribution in [3.63, 3.8) is 0 Å². The van der Waals surface area contributed by atoms with Crippen LogP contribution in [0, 0.1) is 6.92 Å². The Balaban J connectivity index is 1.59. The van der Waals surface area contributed by atoms with E-state index in [-0.39, 0.29) is 0 Å². The number of aryl methyl sites for hydroxylation is 4. The summed E-state index contributed by atoms with van der Waals surface area (Å²) in [6, 6.07) is 8.65. The summed E-state index contributed by atoms with van der Waals surface area (Å²) in [5.74, 6) is 0.932. The lowest BCUT2D eigenvalue weighted by molar-refractivity contribution is -0.733. The molecule has 1 aromatic carbocycles. The summed E-state index contributed by atoms with van der Waals surface area (Å²) < 4.78 is 7.15. The Labute approximate surface area is 188 Å². The fourth-order valence-corrected chi connectivity index (χ4v) is 4.16. The first-order valence-electron chi connectivity index (χ1n) is 11.1. The molecule has 0 unspecified atom stereocenters. The van der Waals surface area contributed by atoms with E-state index in [0.717, 1.165) is 43.6 Å². The summed E-state index contributed by atoms with van der Waals surface area (Å²) in [5, 5.41) is 6.79. The van der Waals surface area contributed by atoms with Crippen LogP contribution in [0.5, 0.6) is 0 Å². The van der Waals surface area contributed by atoms with Crippen LogP contribution in [0.2, 0.25) is 0 Å². The van der Waals surface area contributed by atoms with Crippen LogP contribution in [0.25, 0.3) is 11.3 Å². The fraction of sp³-hybridized carbons (Fsp3) is 0.417. The van der Waals surface area contributed by atoms with Gasteiger partial charge < -0.3 is 15.8 Å². The number of nitrogens with one attached hydrogen (secondary N) is 2. The summed E-state index contributed by atoms with van der Waals surface area (Å²) in [6.45, 7) is 4.32. The molecule has 0 radical (unpaired) electrons. The number of rotatable bonds is 9. The van der Waals surface area contributed by atoms with E-state index in [0.29, 0.717) is 24.8 Å². The smallest absolute Gasteiger partial charge is 0.251 e. The second-order valence-corrected chi connectivity index (χ2v) is 8.28. The maximum atomic E-state index is 6.13. The Hall–Kier alpha value is -3.10. The third-order valence-electron chi connectivity index (χ3n) is 5.77. The van der Waals surface area contributed by atoms with Crippen molar-refractivity contribution in [2.75, 3.05) is 26.8 Å². The number of aromatic amines is 1. The maximum absolute atomic E-state index is 6.13. The number of hydrogen-bond donors (Lipinski definition) is 3. The molecule has 0 amide bonds. The zero-order valence-corrected chi connectivity index (χ0v) is 19.1. The maximum Gasteiger partial charge on any atom is 0.251 e. The third-order valence-corrected chi connectivity index (χ3v) is 5.77. The van der Waals surface area contributed by atoms with Gasteiger partial charge in [0, 0.05) is 32.8 Å². The first-order valence-corrected chi connectivity index (χ1v) is 11.1. The van der Waals surface area contributed by atoms with Crippen molar-refractivity contribution in [2.45, 2.75) is 32.6 Å². The van der Waals surface area contributed by atoms with Gasteiger partial charge in [-0.05, 0) is 30.9 Å². The Morgan fingerprint density at radius 3 is 3.00 bits per heavy atom. The van der Waals surface area contributed by atoms with Gasteiger partial charge in [-0.15, -0.1) is 4.68 Å². The van der Waals surface area contributed by atoms with Crippen LogP contribution in [-0.2, 0) is 31.0 Å². The Morgan fingerprint density at radius 1 is 1.31 bits per heavy atom. The van der Waals surface area contributed by atoms with Gasteiger partial charge in [0.1, 0.15) is 5.84 Å². The largest absolute Gasteiger partial charge is 0.387 e. The molecule has 32 heavy (non-hydrogen) atoms. The van der Waals surface area contributed by atoms with Crippen molar-refractivity contribution in [3.8, 4) is 11.3 Å². The number of nitrogens with zero attached hydrogens (tertiary/aromatic N) is 4. The number of methoxy groups -OCH3 is 1. The van der Waals surface area contributed by atoms with Gasteiger partial charge in [0.05, 0.1) is 30.0 Å². The minimum Gasteiger partial charge on any atom is -0.387 e. The van der Waals surface area contributed by atoms with Crippen molar-refractivity contribution in [2.24, 2.45) is 17.8 Å². The van der Waals surface area contributed by atoms with Crippen LogP contribution in [-0.4, -0.2) is 47.7 Å². The third kappa shape index (κ3) is 5.03. The molecule has 0 aliphatic heterocycles. The van der Waals surface area contributed by atoms with Gasteiger partial charge in [-0.3, -0.25) is 0 Å². The minimum atomic E-state index is 0.413. The molecule has 0 atom stereocenters. The summed E-state index contributed by atoms with van der Waals surface area (Å²) in [4.78, 5) is 13.8. The highest BCUT2D eigenvalue weighted by atomic mass is 16.5. The summed E-state index contributed by atoms with van der Waals surface area (Å²) >= 11 is 0. The quantitative estimate of drug-likeness (QED) is 0.207. The van der Waals surface area contributed by atoms with Crippen LogP contribution in [0.15, 0.2) is 35.5 Å². The Kier molecular flexibility index (Phi) is 6.92. The van der Waals surface area contributed by atoms with Crippen molar-refractivity contribution in [3.05, 3.63) is 58.5 Å². The highest BCUT2D eigenvalue weighted by Crippen LogP contribution is 2.34. The van der Waals surface area contributed by atoms with Crippen LogP contribution in [0.1, 0.15) is 34.5 Å². The average Bonchev–Trinajstić information content (AvgIpc) is 3.09. The molecule has 4 N–H and O–H groups in total. The molecule has 2 heterocycles. The highest BCUT2D eigenvalue weighted by molar-refractivity contribution is 5.82. The molecule has 0 saturated heterocycles. The first kappa shape index (κ1) is 22.1. The molecule has 0 bridgehead atoms. The lowest BCUT2D eigenvalue weighted by Crippen LogP contribution is -2.34. The van der Waals surface area contributed by atoms with E-state index in [1.807, 2.05) is 6.20 Å². The average molecular weight is 435 g/mol. The van der Waals surface area contributed by atoms with E-state index >= 15 is 0 Å². The Bertz CT molecular complexity index is 1120. The second-order valence-electron chi connectivity index (χ2n) is 8.28. The summed E-state index contributed by atoms with van der Waals surface area (Å²) in [7, 11) is 3.76. The van der Waals surface area contributed by atoms with E-state index in [1.54, 1.807) is 7.11 Å². The molecule has 168 valence electrons. The predicted octanol–water partition coefficient (Wildman–Crippen LogP) is 1.91. The van der Waals surface area contributed by atoms with E-state index in [2.05, 4.69) is 63.3 Å². The van der Waals surface area contributed by atoms with E-state index < -0.39 is 0 Å². The SMILES string of the molecule is COCCNCC/C(N)=N/c1ncc2c(n1)-c1c([nH][n+](C)c1Cc1cccc(C)c1)CC2. The van der Waals surface area contributed by atoms with Gasteiger partial charge in [0.2, 0.25) is 5.69 Å². The second kappa shape index (κ2) is 10.0. The monoisotopic (exact) mass is 434 g/mol. The van der Waals surface area contributed by atoms with Crippen molar-refractivity contribution in [1.29, 1.82) is 0 Å². The fourth-order valence-electron chi connectivity index (χ4n) is 4.16. The minimum absolute atomic E-state index is 0.413. The topological polar surface area (TPSA) is 105 Å². The van der Waals surface area contributed by atoms with Crippen LogP contribution in [0.4, 0.5) is 5.95 Å². The molecule has 4 rings (SSSR count). The van der Waals surface area contributed by atoms with E-state index in [9.17, 15) is 0 Å². The molecule has 1 aliphatic carbocycles. The summed E-state index contributed by atoms with van der Waals surface area (Å²) in [6.07, 6.45) is 5.23. The van der Waals surface area contributed by atoms with Crippen molar-refractivity contribution in [1.82, 2.24) is 20.4 Å². The number of fused-ring (bicyclic) bond motifs is 3. The normalized spacial score (nSPS) is 13.2. The number of ether oxygens (including phenoxy) is 1. The number of aliphatic imine (C=N–C) groups is 1. The number of hydrogen-bond acceptors (Lipinski definition) is 5. The predicted molar refractivity (Wildman–Crippen MR) is 125 cm³/mol. The zero-order valence-electron chi connectivity index (χ0n) is 19.1. The summed E-state index contributed by atoms with van der Waals surface area (Å²) in [5.41, 5.74) is 14.4. The van der Waals surface area contributed by atoms with E-state index in [1.165, 1.54) is 28.1 Å². The van der Waals surface area contributed by atoms with E-state index in [4.69, 9.17) is 15.5 Å². The molecule has 0 saturated carbocycles. The number of amidine groups is 1. The Morgan fingerprint density at radius 2 is 2.19 bits per heavy atom. The first-order chi connectivity index (χ1) is 15.5. The molecule has 1 aliphatic rings. The standard InChI is InChI=1S/C24H31N7O/c1-16-5-4-6-17(13-16)14-20-22-19(30-31(20)2)8-7-18-15-27-24(29-23(18)22)28-21(25)9-10-26-11-12-32-3/h4-6,13,15,26H,7-12,14H2,1-3H3,(H2,25,27,28,29)/p+1. The molecular weight excluding hydrogens is 402 g/mol. The van der Waals surface area contributed by atoms with Gasteiger partial charge in [-0.2, -0.15) is 10.1 Å². The van der Waals surface area contributed by atoms with Gasteiger partial charge in [-0.1, -0.05) is 29.8 Å². The number of benzene rings is 1. The molecule has 0 fully saturated rings. The van der Waals surface area contributed by atoms with Crippen LogP contribution < -0.4 is 15.7 Å². The van der Waals surface area contributed by atoms with Crippen molar-refractivity contribution < 1.29 is 9.42 Å². The highest BCUT2D eigenvalue weighted by Gasteiger charge is 2.30. The number of nitrogens with two attached hydrogens (primary N) is 1. The lowest BCUT2D eigenvalue weighted by atomic mass is 9.91. The molecule has 2 aromatic heterocycles. The van der Waals surface area contributed by atoms with Gasteiger partial charge >= 0.3 is 0 Å². The van der Waals surface area contributed by atoms with Crippen LogP contribution in [0.3, 0.4) is 0 Å². The molecule has 8 heteroatoms. The lowest BCUT2D eigenvalue weighted by Gasteiger charge is -2.14. The van der Waals surface area contributed by atoms with Crippen molar-refractivity contribution >= 4 is 11.8 Å². The zero-order chi connectivity index (χ0) is 22.5. The number of aromatic nitrogens is 4. The van der Waals surface area contributed by atoms with Gasteiger partial charge in [-0.25, -0.2) is 9.97 Å². The number of H-pyrrole nitrogens is 1. The van der Waals surface area contributed by atoms with Gasteiger partial charge in [0.25, 0.3) is 5.95 Å². The van der Waals surface area contributed by atoms with Crippen LogP contribution >= 0.6 is 0 Å². The molecule has 0 spiro atoms. The molecule has 3 aromatic rings.